The smallest absolute Gasteiger partial charge is 0.162 e. The fourth-order valence-electron chi connectivity index (χ4n) is 3.18. The van der Waals surface area contributed by atoms with Gasteiger partial charge in [-0.1, -0.05) is 0 Å². The summed E-state index contributed by atoms with van der Waals surface area (Å²) >= 11 is 3.33. The predicted molar refractivity (Wildman–Crippen MR) is 106 cm³/mol. The van der Waals surface area contributed by atoms with Crippen LogP contribution in [0.4, 0.5) is 11.5 Å². The normalized spacial score (nSPS) is 13.0. The molecular formula is C19H16BrN3O4. The third kappa shape index (κ3) is 2.82. The highest BCUT2D eigenvalue weighted by molar-refractivity contribution is 9.15. The Balaban J connectivity index is 1.82. The van der Waals surface area contributed by atoms with Gasteiger partial charge in [-0.2, -0.15) is 0 Å². The number of aliphatic hydroxyl groups excluding tert-OH is 1. The van der Waals surface area contributed by atoms with Gasteiger partial charge in [0.1, 0.15) is 23.7 Å². The van der Waals surface area contributed by atoms with Crippen LogP contribution in [0, 0.1) is 0 Å². The number of phenolic OH excluding ortho intramolecular Hbond substituents is 1. The van der Waals surface area contributed by atoms with Crippen molar-refractivity contribution in [2.75, 3.05) is 19.5 Å². The molecule has 1 aliphatic rings. The summed E-state index contributed by atoms with van der Waals surface area (Å²) in [4.78, 5) is 8.65. The minimum absolute atomic E-state index is 0.102. The average Bonchev–Trinajstić information content (AvgIpc) is 2.98. The molecule has 138 valence electrons. The number of allylic oxidation sites excluding steroid dienone is 1. The van der Waals surface area contributed by atoms with Gasteiger partial charge in [-0.3, -0.25) is 0 Å². The Bertz CT molecular complexity index is 1100. The molecule has 0 spiro atoms. The number of nitrogens with zero attached hydrogens (tertiary/aromatic N) is 2. The summed E-state index contributed by atoms with van der Waals surface area (Å²) in [5.41, 5.74) is 2.79. The third-order valence-electron chi connectivity index (χ3n) is 4.50. The lowest BCUT2D eigenvalue weighted by Crippen LogP contribution is -2.01. The number of rotatable bonds is 4. The molecule has 0 aliphatic heterocycles. The van der Waals surface area contributed by atoms with Crippen molar-refractivity contribution >= 4 is 42.8 Å². The van der Waals surface area contributed by atoms with Gasteiger partial charge in [0.25, 0.3) is 0 Å². The number of aliphatic hydroxyl groups is 1. The highest BCUT2D eigenvalue weighted by Gasteiger charge is 2.26. The molecule has 2 aromatic carbocycles. The molecule has 0 amide bonds. The summed E-state index contributed by atoms with van der Waals surface area (Å²) in [6, 6.07) is 6.92. The number of anilines is 2. The monoisotopic (exact) mass is 429 g/mol. The van der Waals surface area contributed by atoms with E-state index in [-0.39, 0.29) is 11.5 Å². The number of halogens is 1. The Morgan fingerprint density at radius 1 is 1.07 bits per heavy atom. The number of aromatic nitrogens is 2. The van der Waals surface area contributed by atoms with Crippen LogP contribution < -0.4 is 14.8 Å². The maximum atomic E-state index is 10.1. The zero-order valence-corrected chi connectivity index (χ0v) is 16.2. The molecule has 1 aliphatic carbocycles. The number of benzene rings is 2. The average molecular weight is 430 g/mol. The Hall–Kier alpha value is -3.00. The zero-order valence-electron chi connectivity index (χ0n) is 14.6. The predicted octanol–water partition coefficient (Wildman–Crippen LogP) is 4.27. The fraction of sp³-hybridized carbons (Fsp3) is 0.158. The molecule has 7 nitrogen and oxygen atoms in total. The van der Waals surface area contributed by atoms with Gasteiger partial charge in [0.05, 0.1) is 24.2 Å². The molecule has 3 N–H and O–H groups in total. The molecule has 3 aromatic rings. The maximum Gasteiger partial charge on any atom is 0.162 e. The van der Waals surface area contributed by atoms with Crippen LogP contribution in [-0.2, 0) is 6.42 Å². The number of aromatic hydroxyl groups is 1. The lowest BCUT2D eigenvalue weighted by molar-refractivity contribution is 0.356. The van der Waals surface area contributed by atoms with E-state index in [0.717, 1.165) is 16.6 Å². The molecule has 8 heteroatoms. The van der Waals surface area contributed by atoms with E-state index in [9.17, 15) is 10.2 Å². The molecule has 0 bridgehead atoms. The van der Waals surface area contributed by atoms with Gasteiger partial charge in [0, 0.05) is 29.1 Å². The van der Waals surface area contributed by atoms with Crippen LogP contribution in [0.3, 0.4) is 0 Å². The first-order valence-electron chi connectivity index (χ1n) is 8.10. The Morgan fingerprint density at radius 2 is 1.81 bits per heavy atom. The lowest BCUT2D eigenvalue weighted by atomic mass is 10.1. The van der Waals surface area contributed by atoms with Crippen molar-refractivity contribution in [2.45, 2.75) is 6.42 Å². The molecule has 1 heterocycles. The Morgan fingerprint density at radius 3 is 2.56 bits per heavy atom. The van der Waals surface area contributed by atoms with E-state index in [1.165, 1.54) is 6.33 Å². The van der Waals surface area contributed by atoms with Crippen LogP contribution in [0.2, 0.25) is 0 Å². The molecular weight excluding hydrogens is 414 g/mol. The van der Waals surface area contributed by atoms with Gasteiger partial charge in [-0.25, -0.2) is 9.97 Å². The standard InChI is InChI=1S/C19H16BrN3O4/c1-26-15-6-10-12(7-16(15)27-2)21-8-22-19(10)23-11-3-4-13(24)17-9(11)5-14(25)18(17)20/h3-4,6-8,24-25H,5H2,1-2H3,(H,21,22,23). The highest BCUT2D eigenvalue weighted by atomic mass is 79.9. The van der Waals surface area contributed by atoms with Crippen LogP contribution in [0.1, 0.15) is 11.1 Å². The van der Waals surface area contributed by atoms with Crippen LogP contribution in [0.5, 0.6) is 17.2 Å². The van der Waals surface area contributed by atoms with Crippen molar-refractivity contribution in [1.82, 2.24) is 9.97 Å². The van der Waals surface area contributed by atoms with Crippen molar-refractivity contribution in [1.29, 1.82) is 0 Å². The Labute approximate surface area is 163 Å². The van der Waals surface area contributed by atoms with Gasteiger partial charge in [0.15, 0.2) is 11.5 Å². The van der Waals surface area contributed by atoms with Gasteiger partial charge >= 0.3 is 0 Å². The molecule has 0 saturated heterocycles. The van der Waals surface area contributed by atoms with E-state index in [0.29, 0.717) is 39.3 Å². The molecule has 0 radical (unpaired) electrons. The summed E-state index contributed by atoms with van der Waals surface area (Å²) in [5, 5.41) is 24.3. The summed E-state index contributed by atoms with van der Waals surface area (Å²) in [6.07, 6.45) is 1.77. The van der Waals surface area contributed by atoms with Crippen LogP contribution in [0.25, 0.3) is 15.4 Å². The van der Waals surface area contributed by atoms with E-state index < -0.39 is 0 Å². The summed E-state index contributed by atoms with van der Waals surface area (Å²) in [6.45, 7) is 0. The number of hydrogen-bond acceptors (Lipinski definition) is 7. The van der Waals surface area contributed by atoms with Gasteiger partial charge < -0.3 is 25.0 Å². The van der Waals surface area contributed by atoms with Gasteiger partial charge in [0.2, 0.25) is 0 Å². The second kappa shape index (κ2) is 6.62. The first-order valence-corrected chi connectivity index (χ1v) is 8.89. The molecule has 0 unspecified atom stereocenters. The van der Waals surface area contributed by atoms with Crippen molar-refractivity contribution < 1.29 is 19.7 Å². The topological polar surface area (TPSA) is 96.7 Å². The van der Waals surface area contributed by atoms with Gasteiger partial charge in [-0.05, 0) is 39.7 Å². The molecule has 0 saturated carbocycles. The minimum atomic E-state index is 0.102. The third-order valence-corrected chi connectivity index (χ3v) is 5.36. The second-order valence-corrected chi connectivity index (χ2v) is 6.79. The SMILES string of the molecule is COc1cc2ncnc(Nc3ccc(O)c4c3CC(O)=C4Br)c2cc1OC. The summed E-state index contributed by atoms with van der Waals surface area (Å²) in [5.74, 6) is 2.01. The first-order chi connectivity index (χ1) is 13.0. The van der Waals surface area contributed by atoms with Crippen LogP contribution >= 0.6 is 15.9 Å². The zero-order chi connectivity index (χ0) is 19.1. The molecule has 0 atom stereocenters. The van der Waals surface area contributed by atoms with E-state index in [1.54, 1.807) is 32.4 Å². The lowest BCUT2D eigenvalue weighted by Gasteiger charge is -2.15. The van der Waals surface area contributed by atoms with Gasteiger partial charge in [-0.15, -0.1) is 0 Å². The summed E-state index contributed by atoms with van der Waals surface area (Å²) in [7, 11) is 3.14. The number of methoxy groups -OCH3 is 2. The number of fused-ring (bicyclic) bond motifs is 2. The van der Waals surface area contributed by atoms with Crippen LogP contribution in [-0.4, -0.2) is 34.4 Å². The van der Waals surface area contributed by atoms with Crippen LogP contribution in [0.15, 0.2) is 36.4 Å². The number of hydrogen-bond donors (Lipinski definition) is 3. The van der Waals surface area contributed by atoms with Crippen molar-refractivity contribution in [3.05, 3.63) is 47.5 Å². The Kier molecular flexibility index (Phi) is 4.27. The van der Waals surface area contributed by atoms with Crippen molar-refractivity contribution in [3.8, 4) is 17.2 Å². The first kappa shape index (κ1) is 17.4. The second-order valence-electron chi connectivity index (χ2n) is 5.99. The molecule has 1 aromatic heterocycles. The number of phenols is 1. The number of nitrogens with one attached hydrogen (secondary N) is 1. The molecule has 4 rings (SSSR count). The minimum Gasteiger partial charge on any atom is -0.511 e. The highest BCUT2D eigenvalue weighted by Crippen LogP contribution is 2.45. The van der Waals surface area contributed by atoms with E-state index in [4.69, 9.17) is 9.47 Å². The molecule has 0 fully saturated rings. The number of ether oxygens (including phenoxy) is 2. The van der Waals surface area contributed by atoms with E-state index in [2.05, 4.69) is 31.2 Å². The van der Waals surface area contributed by atoms with Crippen molar-refractivity contribution in [2.24, 2.45) is 0 Å². The van der Waals surface area contributed by atoms with Crippen molar-refractivity contribution in [3.63, 3.8) is 0 Å². The fourth-order valence-corrected chi connectivity index (χ4v) is 3.76. The molecule has 27 heavy (non-hydrogen) atoms. The summed E-state index contributed by atoms with van der Waals surface area (Å²) < 4.78 is 11.2. The quantitative estimate of drug-likeness (QED) is 0.532. The maximum absolute atomic E-state index is 10.1. The van der Waals surface area contributed by atoms with E-state index >= 15 is 0 Å². The largest absolute Gasteiger partial charge is 0.511 e. The van der Waals surface area contributed by atoms with E-state index in [1.807, 2.05) is 6.07 Å².